The van der Waals surface area contributed by atoms with E-state index in [-0.39, 0.29) is 11.4 Å². The first kappa shape index (κ1) is 11.5. The molecule has 0 atom stereocenters. The van der Waals surface area contributed by atoms with Crippen LogP contribution in [0.4, 0.5) is 4.39 Å². The van der Waals surface area contributed by atoms with Crippen LogP contribution in [0.25, 0.3) is 0 Å². The van der Waals surface area contributed by atoms with Crippen LogP contribution >= 0.6 is 0 Å². The molecule has 0 aliphatic heterocycles. The van der Waals surface area contributed by atoms with Crippen LogP contribution in [-0.4, -0.2) is 4.57 Å². The summed E-state index contributed by atoms with van der Waals surface area (Å²) in [5.41, 5.74) is 7.02. The van der Waals surface area contributed by atoms with Crippen molar-refractivity contribution in [2.75, 3.05) is 0 Å². The van der Waals surface area contributed by atoms with E-state index in [9.17, 15) is 9.18 Å². The van der Waals surface area contributed by atoms with Gasteiger partial charge in [0.25, 0.3) is 5.56 Å². The summed E-state index contributed by atoms with van der Waals surface area (Å²) in [6.45, 7) is 0.730. The highest BCUT2D eigenvalue weighted by Crippen LogP contribution is 2.05. The normalized spacial score (nSPS) is 10.5. The zero-order valence-corrected chi connectivity index (χ0v) is 9.27. The Balaban J connectivity index is 2.32. The molecule has 1 aromatic carbocycles. The van der Waals surface area contributed by atoms with Crippen molar-refractivity contribution in [1.29, 1.82) is 0 Å². The molecule has 1 heterocycles. The first-order valence-corrected chi connectivity index (χ1v) is 5.33. The van der Waals surface area contributed by atoms with Gasteiger partial charge in [-0.15, -0.1) is 0 Å². The maximum atomic E-state index is 13.0. The Morgan fingerprint density at radius 1 is 1.18 bits per heavy atom. The number of nitrogens with two attached hydrogens (primary N) is 1. The van der Waals surface area contributed by atoms with E-state index in [4.69, 9.17) is 5.73 Å². The number of halogens is 1. The highest BCUT2D eigenvalue weighted by atomic mass is 19.1. The number of nitrogens with zero attached hydrogens (tertiary/aromatic N) is 1. The summed E-state index contributed by atoms with van der Waals surface area (Å²) in [6, 6.07) is 9.38. The third-order valence-corrected chi connectivity index (χ3v) is 2.52. The van der Waals surface area contributed by atoms with Crippen molar-refractivity contribution in [2.45, 2.75) is 13.1 Å². The highest BCUT2D eigenvalue weighted by Gasteiger charge is 2.00. The largest absolute Gasteiger partial charge is 0.326 e. The average molecular weight is 232 g/mol. The molecule has 2 aromatic rings. The van der Waals surface area contributed by atoms with Gasteiger partial charge in [-0.1, -0.05) is 18.2 Å². The fourth-order valence-electron chi connectivity index (χ4n) is 1.66. The number of rotatable bonds is 3. The summed E-state index contributed by atoms with van der Waals surface area (Å²) < 4.78 is 14.5. The lowest BCUT2D eigenvalue weighted by Gasteiger charge is -2.07. The van der Waals surface area contributed by atoms with Crippen molar-refractivity contribution >= 4 is 0 Å². The van der Waals surface area contributed by atoms with Gasteiger partial charge in [0, 0.05) is 18.8 Å². The second kappa shape index (κ2) is 4.93. The molecule has 17 heavy (non-hydrogen) atoms. The van der Waals surface area contributed by atoms with Crippen molar-refractivity contribution < 1.29 is 4.39 Å². The molecule has 2 rings (SSSR count). The Kier molecular flexibility index (Phi) is 3.35. The van der Waals surface area contributed by atoms with Crippen LogP contribution in [0, 0.1) is 5.82 Å². The maximum absolute atomic E-state index is 13.0. The van der Waals surface area contributed by atoms with Crippen LogP contribution < -0.4 is 11.3 Å². The highest BCUT2D eigenvalue weighted by molar-refractivity contribution is 5.18. The van der Waals surface area contributed by atoms with E-state index >= 15 is 0 Å². The molecular weight excluding hydrogens is 219 g/mol. The quantitative estimate of drug-likeness (QED) is 0.871. The van der Waals surface area contributed by atoms with Crippen molar-refractivity contribution in [1.82, 2.24) is 4.57 Å². The lowest BCUT2D eigenvalue weighted by atomic mass is 10.2. The second-order valence-electron chi connectivity index (χ2n) is 3.84. The molecular formula is C13H13FN2O. The van der Waals surface area contributed by atoms with Gasteiger partial charge in [0.1, 0.15) is 5.82 Å². The Hall–Kier alpha value is -1.94. The molecule has 0 bridgehead atoms. The molecule has 2 N–H and O–H groups in total. The van der Waals surface area contributed by atoms with Gasteiger partial charge in [-0.05, 0) is 23.3 Å². The van der Waals surface area contributed by atoms with Gasteiger partial charge in [-0.25, -0.2) is 4.39 Å². The zero-order valence-electron chi connectivity index (χ0n) is 9.27. The minimum Gasteiger partial charge on any atom is -0.326 e. The van der Waals surface area contributed by atoms with Crippen LogP contribution in [0.1, 0.15) is 11.1 Å². The molecule has 4 heteroatoms. The lowest BCUT2D eigenvalue weighted by molar-refractivity contribution is 0.622. The minimum absolute atomic E-state index is 0.119. The summed E-state index contributed by atoms with van der Waals surface area (Å²) in [7, 11) is 0. The van der Waals surface area contributed by atoms with Gasteiger partial charge in [0.05, 0.1) is 6.54 Å². The standard InChI is InChI=1S/C13H13FN2O/c14-12-3-1-2-10(6-12)8-16-9-11(7-15)4-5-13(16)17/h1-6,9H,7-8,15H2. The summed E-state index contributed by atoms with van der Waals surface area (Å²) in [5.74, 6) is -0.300. The summed E-state index contributed by atoms with van der Waals surface area (Å²) in [4.78, 5) is 11.6. The molecule has 0 spiro atoms. The van der Waals surface area contributed by atoms with Crippen molar-refractivity contribution in [3.63, 3.8) is 0 Å². The SMILES string of the molecule is NCc1ccc(=O)n(Cc2cccc(F)c2)c1. The molecule has 0 aliphatic carbocycles. The van der Waals surface area contributed by atoms with Crippen molar-refractivity contribution in [2.24, 2.45) is 5.73 Å². The topological polar surface area (TPSA) is 48.0 Å². The van der Waals surface area contributed by atoms with Gasteiger partial charge in [-0.2, -0.15) is 0 Å². The average Bonchev–Trinajstić information content (AvgIpc) is 2.32. The Morgan fingerprint density at radius 2 is 2.00 bits per heavy atom. The van der Waals surface area contributed by atoms with Crippen molar-refractivity contribution in [3.05, 3.63) is 69.9 Å². The predicted molar refractivity (Wildman–Crippen MR) is 64.1 cm³/mol. The Morgan fingerprint density at radius 3 is 2.71 bits per heavy atom. The van der Waals surface area contributed by atoms with E-state index in [2.05, 4.69) is 0 Å². The smallest absolute Gasteiger partial charge is 0.250 e. The molecule has 0 radical (unpaired) electrons. The third-order valence-electron chi connectivity index (χ3n) is 2.52. The van der Waals surface area contributed by atoms with Gasteiger partial charge < -0.3 is 10.3 Å². The van der Waals surface area contributed by atoms with E-state index in [1.54, 1.807) is 24.4 Å². The van der Waals surface area contributed by atoms with E-state index in [0.717, 1.165) is 11.1 Å². The molecule has 0 saturated heterocycles. The lowest BCUT2D eigenvalue weighted by Crippen LogP contribution is -2.20. The van der Waals surface area contributed by atoms with Gasteiger partial charge in [0.2, 0.25) is 0 Å². The summed E-state index contributed by atoms with van der Waals surface area (Å²) >= 11 is 0. The van der Waals surface area contributed by atoms with E-state index in [0.29, 0.717) is 13.1 Å². The van der Waals surface area contributed by atoms with Crippen LogP contribution in [0.3, 0.4) is 0 Å². The van der Waals surface area contributed by atoms with Crippen molar-refractivity contribution in [3.8, 4) is 0 Å². The monoisotopic (exact) mass is 232 g/mol. The van der Waals surface area contributed by atoms with Gasteiger partial charge in [-0.3, -0.25) is 4.79 Å². The summed E-state index contributed by atoms with van der Waals surface area (Å²) in [6.07, 6.45) is 1.70. The fourth-order valence-corrected chi connectivity index (χ4v) is 1.66. The zero-order chi connectivity index (χ0) is 12.3. The van der Waals surface area contributed by atoms with Crippen LogP contribution in [0.15, 0.2) is 47.4 Å². The third kappa shape index (κ3) is 2.79. The molecule has 3 nitrogen and oxygen atoms in total. The number of hydrogen-bond acceptors (Lipinski definition) is 2. The van der Waals surface area contributed by atoms with Gasteiger partial charge in [0.15, 0.2) is 0 Å². The molecule has 1 aromatic heterocycles. The summed E-state index contributed by atoms with van der Waals surface area (Å²) in [5, 5.41) is 0. The number of pyridine rings is 1. The first-order valence-electron chi connectivity index (χ1n) is 5.33. The number of benzene rings is 1. The minimum atomic E-state index is -0.300. The predicted octanol–water partition coefficient (Wildman–Crippen LogP) is 1.49. The van der Waals surface area contributed by atoms with Gasteiger partial charge >= 0.3 is 0 Å². The molecule has 0 amide bonds. The fraction of sp³-hybridized carbons (Fsp3) is 0.154. The molecule has 0 fully saturated rings. The second-order valence-corrected chi connectivity index (χ2v) is 3.84. The molecule has 88 valence electrons. The van der Waals surface area contributed by atoms with Crippen LogP contribution in [-0.2, 0) is 13.1 Å². The number of aromatic nitrogens is 1. The first-order chi connectivity index (χ1) is 8.19. The van der Waals surface area contributed by atoms with E-state index in [1.165, 1.54) is 22.8 Å². The Bertz CT molecular complexity index is 578. The number of hydrogen-bond donors (Lipinski definition) is 1. The molecule has 0 aliphatic rings. The Labute approximate surface area is 98.3 Å². The van der Waals surface area contributed by atoms with Crippen LogP contribution in [0.2, 0.25) is 0 Å². The van der Waals surface area contributed by atoms with E-state index < -0.39 is 0 Å². The van der Waals surface area contributed by atoms with E-state index in [1.807, 2.05) is 0 Å². The molecule has 0 unspecified atom stereocenters. The van der Waals surface area contributed by atoms with Crippen LogP contribution in [0.5, 0.6) is 0 Å². The maximum Gasteiger partial charge on any atom is 0.250 e. The molecule has 0 saturated carbocycles.